The molecule has 0 atom stereocenters. The Morgan fingerprint density at radius 3 is 2.58 bits per heavy atom. The average Bonchev–Trinajstić information content (AvgIpc) is 2.57. The first-order chi connectivity index (χ1) is 11.3. The highest BCUT2D eigenvalue weighted by atomic mass is 16.5. The Morgan fingerprint density at radius 2 is 2.00 bits per heavy atom. The third-order valence-corrected chi connectivity index (χ3v) is 3.73. The molecule has 3 N–H and O–H groups in total. The molecule has 6 nitrogen and oxygen atoms in total. The van der Waals surface area contributed by atoms with E-state index >= 15 is 0 Å². The lowest BCUT2D eigenvalue weighted by molar-refractivity contribution is -0.128. The largest absolute Gasteiger partial charge is 0.496 e. The van der Waals surface area contributed by atoms with E-state index in [9.17, 15) is 4.79 Å². The third kappa shape index (κ3) is 5.76. The minimum absolute atomic E-state index is 0.00828. The van der Waals surface area contributed by atoms with Crippen molar-refractivity contribution in [3.63, 3.8) is 0 Å². The summed E-state index contributed by atoms with van der Waals surface area (Å²) >= 11 is 0. The molecule has 0 radical (unpaired) electrons. The van der Waals surface area contributed by atoms with Crippen molar-refractivity contribution in [1.82, 2.24) is 16.0 Å². The zero-order valence-corrected chi connectivity index (χ0v) is 15.6. The molecule has 0 aromatic heterocycles. The molecule has 1 rings (SSSR count). The van der Waals surface area contributed by atoms with E-state index in [1.165, 1.54) is 0 Å². The SMILES string of the molecule is CCNC(=NCc1ccc(C)cc1OC)NCC(C)(C)C(=O)NC. The minimum atomic E-state index is -0.521. The van der Waals surface area contributed by atoms with Gasteiger partial charge in [0.2, 0.25) is 5.91 Å². The molecule has 24 heavy (non-hydrogen) atoms. The van der Waals surface area contributed by atoms with E-state index in [1.54, 1.807) is 14.2 Å². The van der Waals surface area contributed by atoms with E-state index in [4.69, 9.17) is 4.74 Å². The van der Waals surface area contributed by atoms with Gasteiger partial charge in [-0.1, -0.05) is 12.1 Å². The van der Waals surface area contributed by atoms with Crippen molar-refractivity contribution in [2.75, 3.05) is 27.2 Å². The molecule has 0 fully saturated rings. The van der Waals surface area contributed by atoms with Crippen molar-refractivity contribution in [2.45, 2.75) is 34.2 Å². The maximum Gasteiger partial charge on any atom is 0.227 e. The van der Waals surface area contributed by atoms with Gasteiger partial charge in [-0.25, -0.2) is 4.99 Å². The van der Waals surface area contributed by atoms with Gasteiger partial charge in [0.05, 0.1) is 19.1 Å². The predicted octanol–water partition coefficient (Wildman–Crippen LogP) is 1.83. The lowest BCUT2D eigenvalue weighted by Gasteiger charge is -2.24. The van der Waals surface area contributed by atoms with Crippen LogP contribution < -0.4 is 20.7 Å². The van der Waals surface area contributed by atoms with Crippen LogP contribution in [0.15, 0.2) is 23.2 Å². The van der Waals surface area contributed by atoms with Crippen LogP contribution >= 0.6 is 0 Å². The summed E-state index contributed by atoms with van der Waals surface area (Å²) in [4.78, 5) is 16.5. The topological polar surface area (TPSA) is 74.8 Å². The molecule has 6 heteroatoms. The van der Waals surface area contributed by atoms with Gasteiger partial charge in [0.25, 0.3) is 0 Å². The summed E-state index contributed by atoms with van der Waals surface area (Å²) in [5, 5.41) is 9.11. The van der Waals surface area contributed by atoms with Gasteiger partial charge in [0.1, 0.15) is 5.75 Å². The summed E-state index contributed by atoms with van der Waals surface area (Å²) < 4.78 is 5.42. The van der Waals surface area contributed by atoms with Crippen molar-refractivity contribution in [2.24, 2.45) is 10.4 Å². The molecule has 1 aromatic rings. The van der Waals surface area contributed by atoms with Gasteiger partial charge in [0, 0.05) is 25.7 Å². The van der Waals surface area contributed by atoms with Crippen LogP contribution in [0.3, 0.4) is 0 Å². The maximum absolute atomic E-state index is 11.9. The molecule has 0 aliphatic rings. The summed E-state index contributed by atoms with van der Waals surface area (Å²) in [6.07, 6.45) is 0. The van der Waals surface area contributed by atoms with Crippen molar-refractivity contribution < 1.29 is 9.53 Å². The molecular weight excluding hydrogens is 304 g/mol. The van der Waals surface area contributed by atoms with E-state index in [-0.39, 0.29) is 5.91 Å². The molecule has 0 heterocycles. The minimum Gasteiger partial charge on any atom is -0.496 e. The highest BCUT2D eigenvalue weighted by molar-refractivity contribution is 5.84. The highest BCUT2D eigenvalue weighted by Gasteiger charge is 2.26. The Labute approximate surface area is 145 Å². The van der Waals surface area contributed by atoms with Crippen molar-refractivity contribution >= 4 is 11.9 Å². The first kappa shape index (κ1) is 19.8. The van der Waals surface area contributed by atoms with Crippen LogP contribution in [0.2, 0.25) is 0 Å². The van der Waals surface area contributed by atoms with Crippen LogP contribution in [0.25, 0.3) is 0 Å². The van der Waals surface area contributed by atoms with Crippen molar-refractivity contribution in [1.29, 1.82) is 0 Å². The summed E-state index contributed by atoms with van der Waals surface area (Å²) in [6, 6.07) is 6.07. The molecular formula is C18H30N4O2. The summed E-state index contributed by atoms with van der Waals surface area (Å²) in [5.41, 5.74) is 1.65. The molecule has 1 aromatic carbocycles. The second kappa shape index (κ2) is 9.15. The Hall–Kier alpha value is -2.24. The monoisotopic (exact) mass is 334 g/mol. The summed E-state index contributed by atoms with van der Waals surface area (Å²) in [5.74, 6) is 1.50. The lowest BCUT2D eigenvalue weighted by atomic mass is 9.92. The lowest BCUT2D eigenvalue weighted by Crippen LogP contribution is -2.47. The molecule has 0 saturated heterocycles. The van der Waals surface area contributed by atoms with E-state index in [1.807, 2.05) is 45.9 Å². The van der Waals surface area contributed by atoms with Crippen LogP contribution in [0.4, 0.5) is 0 Å². The Kier molecular flexibility index (Phi) is 7.55. The number of carbonyl (C=O) groups is 1. The molecule has 1 amide bonds. The number of nitrogens with one attached hydrogen (secondary N) is 3. The fourth-order valence-electron chi connectivity index (χ4n) is 2.21. The van der Waals surface area contributed by atoms with Gasteiger partial charge in [-0.05, 0) is 39.3 Å². The van der Waals surface area contributed by atoms with Crippen LogP contribution in [0.1, 0.15) is 31.9 Å². The highest BCUT2D eigenvalue weighted by Crippen LogP contribution is 2.20. The number of amides is 1. The van der Waals surface area contributed by atoms with Gasteiger partial charge in [-0.3, -0.25) is 4.79 Å². The van der Waals surface area contributed by atoms with Gasteiger partial charge in [-0.2, -0.15) is 0 Å². The Morgan fingerprint density at radius 1 is 1.29 bits per heavy atom. The van der Waals surface area contributed by atoms with Gasteiger partial charge in [-0.15, -0.1) is 0 Å². The molecule has 0 bridgehead atoms. The second-order valence-corrected chi connectivity index (χ2v) is 6.33. The van der Waals surface area contributed by atoms with Gasteiger partial charge in [0.15, 0.2) is 5.96 Å². The van der Waals surface area contributed by atoms with Gasteiger partial charge < -0.3 is 20.7 Å². The quantitative estimate of drug-likeness (QED) is 0.525. The number of hydrogen-bond donors (Lipinski definition) is 3. The van der Waals surface area contributed by atoms with E-state index < -0.39 is 5.41 Å². The normalized spacial score (nSPS) is 11.8. The number of aryl methyl sites for hydroxylation is 1. The van der Waals surface area contributed by atoms with Crippen LogP contribution in [0, 0.1) is 12.3 Å². The molecule has 0 aliphatic heterocycles. The Bertz CT molecular complexity index is 582. The van der Waals surface area contributed by atoms with Crippen molar-refractivity contribution in [3.05, 3.63) is 29.3 Å². The van der Waals surface area contributed by atoms with Gasteiger partial charge >= 0.3 is 0 Å². The first-order valence-electron chi connectivity index (χ1n) is 8.22. The maximum atomic E-state index is 11.9. The number of nitrogens with zero attached hydrogens (tertiary/aromatic N) is 1. The van der Waals surface area contributed by atoms with Crippen LogP contribution in [-0.2, 0) is 11.3 Å². The number of rotatable bonds is 7. The van der Waals surface area contributed by atoms with Crippen LogP contribution in [0.5, 0.6) is 5.75 Å². The number of methoxy groups -OCH3 is 1. The number of ether oxygens (including phenoxy) is 1. The van der Waals surface area contributed by atoms with Crippen LogP contribution in [-0.4, -0.2) is 39.1 Å². The van der Waals surface area contributed by atoms with Crippen molar-refractivity contribution in [3.8, 4) is 5.75 Å². The zero-order valence-electron chi connectivity index (χ0n) is 15.6. The molecule has 0 aliphatic carbocycles. The number of guanidine groups is 1. The van der Waals surface area contributed by atoms with E-state index in [0.29, 0.717) is 19.0 Å². The fraction of sp³-hybridized carbons (Fsp3) is 0.556. The first-order valence-corrected chi connectivity index (χ1v) is 8.22. The second-order valence-electron chi connectivity index (χ2n) is 6.33. The zero-order chi connectivity index (χ0) is 18.2. The number of benzene rings is 1. The number of carbonyl (C=O) groups excluding carboxylic acids is 1. The molecule has 0 unspecified atom stereocenters. The number of aliphatic imine (C=N–C) groups is 1. The number of hydrogen-bond acceptors (Lipinski definition) is 3. The standard InChI is InChI=1S/C18H30N4O2/c1-7-20-17(22-12-18(3,4)16(23)19-5)21-11-14-9-8-13(2)10-15(14)24-6/h8-10H,7,11-12H2,1-6H3,(H,19,23)(H2,20,21,22). The molecule has 134 valence electrons. The smallest absolute Gasteiger partial charge is 0.227 e. The molecule has 0 saturated carbocycles. The Balaban J connectivity index is 2.81. The predicted molar refractivity (Wildman–Crippen MR) is 98.4 cm³/mol. The molecule has 0 spiro atoms. The van der Waals surface area contributed by atoms with E-state index in [0.717, 1.165) is 23.4 Å². The third-order valence-electron chi connectivity index (χ3n) is 3.73. The summed E-state index contributed by atoms with van der Waals surface area (Å²) in [6.45, 7) is 9.56. The average molecular weight is 334 g/mol. The summed E-state index contributed by atoms with van der Waals surface area (Å²) in [7, 11) is 3.31. The fourth-order valence-corrected chi connectivity index (χ4v) is 2.21. The van der Waals surface area contributed by atoms with E-state index in [2.05, 4.69) is 20.9 Å².